The highest BCUT2D eigenvalue weighted by molar-refractivity contribution is 7.18. The molecule has 32 heavy (non-hydrogen) atoms. The van der Waals surface area contributed by atoms with Crippen molar-refractivity contribution >= 4 is 39.1 Å². The monoisotopic (exact) mass is 452 g/mol. The predicted octanol–water partition coefficient (Wildman–Crippen LogP) is 4.47. The van der Waals surface area contributed by atoms with Crippen molar-refractivity contribution in [3.8, 4) is 0 Å². The molecule has 6 rings (SSSR count). The SMILES string of the molecule is Cc1nc2c(N[C@H]3CC[C@H](N4CCC5(CC4)CC5)CC3)nc(Nc3cnn(C)c3)nc2s1. The number of fused-ring (bicyclic) bond motifs is 1. The van der Waals surface area contributed by atoms with E-state index in [0.29, 0.717) is 12.0 Å². The van der Waals surface area contributed by atoms with E-state index in [9.17, 15) is 0 Å². The molecule has 0 aromatic carbocycles. The molecular formula is C23H32N8S. The summed E-state index contributed by atoms with van der Waals surface area (Å²) < 4.78 is 1.77. The molecular weight excluding hydrogens is 420 g/mol. The zero-order chi connectivity index (χ0) is 21.7. The normalized spacial score (nSPS) is 25.3. The highest BCUT2D eigenvalue weighted by Crippen LogP contribution is 2.54. The summed E-state index contributed by atoms with van der Waals surface area (Å²) in [7, 11) is 1.90. The molecule has 0 unspecified atom stereocenters. The van der Waals surface area contributed by atoms with Crippen molar-refractivity contribution < 1.29 is 0 Å². The number of piperidine rings is 1. The van der Waals surface area contributed by atoms with Gasteiger partial charge in [0, 0.05) is 25.3 Å². The van der Waals surface area contributed by atoms with Gasteiger partial charge in [0.05, 0.1) is 16.9 Å². The van der Waals surface area contributed by atoms with Crippen LogP contribution in [0.3, 0.4) is 0 Å². The van der Waals surface area contributed by atoms with Crippen molar-refractivity contribution in [2.75, 3.05) is 23.7 Å². The van der Waals surface area contributed by atoms with Crippen LogP contribution in [0.25, 0.3) is 10.3 Å². The molecule has 3 aromatic rings. The van der Waals surface area contributed by atoms with Gasteiger partial charge in [-0.15, -0.1) is 0 Å². The fraction of sp³-hybridized carbons (Fsp3) is 0.652. The maximum absolute atomic E-state index is 4.81. The Kier molecular flexibility index (Phi) is 5.06. The summed E-state index contributed by atoms with van der Waals surface area (Å²) >= 11 is 1.61. The van der Waals surface area contributed by atoms with E-state index in [1.165, 1.54) is 64.5 Å². The first-order chi connectivity index (χ1) is 15.6. The van der Waals surface area contributed by atoms with Crippen LogP contribution < -0.4 is 10.6 Å². The van der Waals surface area contributed by atoms with Crippen LogP contribution in [0.2, 0.25) is 0 Å². The average molecular weight is 453 g/mol. The first-order valence-electron chi connectivity index (χ1n) is 12.0. The van der Waals surface area contributed by atoms with Gasteiger partial charge < -0.3 is 15.5 Å². The number of anilines is 3. The predicted molar refractivity (Wildman–Crippen MR) is 129 cm³/mol. The topological polar surface area (TPSA) is 83.8 Å². The molecule has 1 spiro atoms. The van der Waals surface area contributed by atoms with Crippen molar-refractivity contribution in [3.63, 3.8) is 0 Å². The van der Waals surface area contributed by atoms with E-state index in [0.717, 1.165) is 38.3 Å². The molecule has 0 bridgehead atoms. The molecule has 3 aromatic heterocycles. The molecule has 0 atom stereocenters. The number of nitrogens with zero attached hydrogens (tertiary/aromatic N) is 6. The Labute approximate surface area is 192 Å². The Morgan fingerprint density at radius 1 is 1.03 bits per heavy atom. The van der Waals surface area contributed by atoms with Crippen molar-refractivity contribution in [1.82, 2.24) is 29.6 Å². The Bertz CT molecular complexity index is 1100. The zero-order valence-corrected chi connectivity index (χ0v) is 19.8. The molecule has 0 radical (unpaired) electrons. The summed E-state index contributed by atoms with van der Waals surface area (Å²) in [5, 5.41) is 12.3. The third-order valence-electron chi connectivity index (χ3n) is 7.70. The van der Waals surface area contributed by atoms with Crippen molar-refractivity contribution in [3.05, 3.63) is 17.4 Å². The molecule has 9 heteroatoms. The van der Waals surface area contributed by atoms with Gasteiger partial charge in [-0.3, -0.25) is 4.68 Å². The number of aryl methyl sites for hydroxylation is 2. The minimum Gasteiger partial charge on any atom is -0.365 e. The zero-order valence-electron chi connectivity index (χ0n) is 19.0. The average Bonchev–Trinajstić information content (AvgIpc) is 3.22. The van der Waals surface area contributed by atoms with E-state index in [1.54, 1.807) is 22.2 Å². The van der Waals surface area contributed by atoms with Crippen molar-refractivity contribution in [1.29, 1.82) is 0 Å². The number of likely N-dealkylation sites (tertiary alicyclic amines) is 1. The molecule has 2 N–H and O–H groups in total. The number of thiazole rings is 1. The van der Waals surface area contributed by atoms with E-state index < -0.39 is 0 Å². The van der Waals surface area contributed by atoms with Crippen LogP contribution in [0.4, 0.5) is 17.5 Å². The van der Waals surface area contributed by atoms with E-state index >= 15 is 0 Å². The minimum atomic E-state index is 0.442. The van der Waals surface area contributed by atoms with Crippen LogP contribution in [0.15, 0.2) is 12.4 Å². The van der Waals surface area contributed by atoms with Crippen LogP contribution in [0.5, 0.6) is 0 Å². The summed E-state index contributed by atoms with van der Waals surface area (Å²) in [5.41, 5.74) is 2.53. The minimum absolute atomic E-state index is 0.442. The van der Waals surface area contributed by atoms with Gasteiger partial charge in [-0.05, 0) is 76.8 Å². The lowest BCUT2D eigenvalue weighted by molar-refractivity contribution is 0.0975. The van der Waals surface area contributed by atoms with Crippen molar-refractivity contribution in [2.45, 2.75) is 70.4 Å². The summed E-state index contributed by atoms with van der Waals surface area (Å²) in [4.78, 5) is 17.9. The lowest BCUT2D eigenvalue weighted by atomic mass is 9.87. The summed E-state index contributed by atoms with van der Waals surface area (Å²) in [6.07, 6.45) is 14.5. The lowest BCUT2D eigenvalue weighted by Crippen LogP contribution is -2.45. The Hall–Kier alpha value is -2.26. The number of aromatic nitrogens is 5. The van der Waals surface area contributed by atoms with Gasteiger partial charge >= 0.3 is 0 Å². The third kappa shape index (κ3) is 4.08. The van der Waals surface area contributed by atoms with Gasteiger partial charge in [0.15, 0.2) is 10.6 Å². The third-order valence-corrected chi connectivity index (χ3v) is 8.56. The molecule has 8 nitrogen and oxygen atoms in total. The molecule has 3 aliphatic rings. The standard InChI is InChI=1S/C23H32N8S/c1-15-25-19-20(28-22(29-21(19)32-15)27-17-13-24-30(2)14-17)26-16-3-5-18(6-4-16)31-11-9-23(7-8-23)10-12-31/h13-14,16,18H,3-12H2,1-2H3,(H2,26,27,28,29)/t16-,18-. The molecule has 3 fully saturated rings. The smallest absolute Gasteiger partial charge is 0.230 e. The van der Waals surface area contributed by atoms with Crippen LogP contribution >= 0.6 is 11.3 Å². The molecule has 1 aliphatic heterocycles. The lowest BCUT2D eigenvalue weighted by Gasteiger charge is -2.41. The second kappa shape index (κ2) is 7.95. The van der Waals surface area contributed by atoms with E-state index in [-0.39, 0.29) is 0 Å². The van der Waals surface area contributed by atoms with E-state index in [4.69, 9.17) is 15.0 Å². The van der Waals surface area contributed by atoms with Crippen LogP contribution in [-0.2, 0) is 7.05 Å². The van der Waals surface area contributed by atoms with Gasteiger partial charge in [0.25, 0.3) is 0 Å². The Balaban J connectivity index is 1.13. The number of rotatable bonds is 5. The fourth-order valence-corrected chi connectivity index (χ4v) is 6.30. The van der Waals surface area contributed by atoms with E-state index in [2.05, 4.69) is 20.6 Å². The van der Waals surface area contributed by atoms with Crippen LogP contribution in [0, 0.1) is 12.3 Å². The second-order valence-electron chi connectivity index (χ2n) is 10.00. The maximum atomic E-state index is 4.81. The summed E-state index contributed by atoms with van der Waals surface area (Å²) in [6.45, 7) is 4.66. The molecule has 0 amide bonds. The highest BCUT2D eigenvalue weighted by Gasteiger charge is 2.45. The van der Waals surface area contributed by atoms with Crippen LogP contribution in [-0.4, -0.2) is 54.8 Å². The van der Waals surface area contributed by atoms with E-state index in [1.807, 2.05) is 20.2 Å². The maximum Gasteiger partial charge on any atom is 0.230 e. The molecule has 2 aliphatic carbocycles. The Morgan fingerprint density at radius 3 is 2.50 bits per heavy atom. The van der Waals surface area contributed by atoms with Gasteiger partial charge in [-0.1, -0.05) is 11.3 Å². The summed E-state index contributed by atoms with van der Waals surface area (Å²) in [5.74, 6) is 1.44. The quantitative estimate of drug-likeness (QED) is 0.591. The first-order valence-corrected chi connectivity index (χ1v) is 12.8. The number of hydrogen-bond acceptors (Lipinski definition) is 8. The largest absolute Gasteiger partial charge is 0.365 e. The van der Waals surface area contributed by atoms with Gasteiger partial charge in [0.2, 0.25) is 5.95 Å². The van der Waals surface area contributed by atoms with Gasteiger partial charge in [0.1, 0.15) is 5.52 Å². The van der Waals surface area contributed by atoms with Gasteiger partial charge in [-0.25, -0.2) is 4.98 Å². The highest BCUT2D eigenvalue weighted by atomic mass is 32.1. The molecule has 1 saturated heterocycles. The second-order valence-corrected chi connectivity index (χ2v) is 11.2. The fourth-order valence-electron chi connectivity index (χ4n) is 5.52. The van der Waals surface area contributed by atoms with Gasteiger partial charge in [-0.2, -0.15) is 15.1 Å². The Morgan fingerprint density at radius 2 is 1.81 bits per heavy atom. The van der Waals surface area contributed by atoms with Crippen molar-refractivity contribution in [2.24, 2.45) is 12.5 Å². The molecule has 2 saturated carbocycles. The molecule has 4 heterocycles. The molecule has 170 valence electrons. The van der Waals surface area contributed by atoms with Crippen LogP contribution in [0.1, 0.15) is 56.4 Å². The first kappa shape index (κ1) is 20.4. The number of nitrogens with one attached hydrogen (secondary N) is 2. The number of hydrogen-bond donors (Lipinski definition) is 2. The summed E-state index contributed by atoms with van der Waals surface area (Å²) in [6, 6.07) is 1.20.